The number of aromatic nitrogens is 1. The Morgan fingerprint density at radius 2 is 1.71 bits per heavy atom. The van der Waals surface area contributed by atoms with Crippen LogP contribution in [-0.2, 0) is 25.9 Å². The maximum atomic E-state index is 13.8. The highest BCUT2D eigenvalue weighted by atomic mass is 35.5. The Hall–Kier alpha value is -3.20. The number of rotatable bonds is 15. The number of ether oxygens (including phenoxy) is 5. The summed E-state index contributed by atoms with van der Waals surface area (Å²) >= 11 is 12.8. The van der Waals surface area contributed by atoms with Crippen molar-refractivity contribution in [3.05, 3.63) is 80.7 Å². The maximum Gasteiger partial charge on any atom is 0.338 e. The van der Waals surface area contributed by atoms with E-state index in [1.807, 2.05) is 0 Å². The highest BCUT2D eigenvalue weighted by molar-refractivity contribution is 7.92. The van der Waals surface area contributed by atoms with Gasteiger partial charge in [0, 0.05) is 38.2 Å². The van der Waals surface area contributed by atoms with E-state index in [-0.39, 0.29) is 46.7 Å². The highest BCUT2D eigenvalue weighted by Gasteiger charge is 2.29. The van der Waals surface area contributed by atoms with Gasteiger partial charge in [0.1, 0.15) is 21.9 Å². The lowest BCUT2D eigenvalue weighted by Crippen LogP contribution is -2.43. The van der Waals surface area contributed by atoms with Gasteiger partial charge >= 0.3 is 5.97 Å². The van der Waals surface area contributed by atoms with Gasteiger partial charge < -0.3 is 28.9 Å². The van der Waals surface area contributed by atoms with Crippen LogP contribution in [0.4, 0.5) is 5.69 Å². The molecule has 1 aromatic heterocycles. The molecule has 0 radical (unpaired) electrons. The van der Waals surface area contributed by atoms with E-state index in [1.54, 1.807) is 24.3 Å². The molecule has 5 rings (SSSR count). The number of hydrogen-bond acceptors (Lipinski definition) is 10. The smallest absolute Gasteiger partial charge is 0.338 e. The summed E-state index contributed by atoms with van der Waals surface area (Å²) in [6.07, 6.45) is 4.65. The van der Waals surface area contributed by atoms with E-state index in [9.17, 15) is 18.4 Å². The van der Waals surface area contributed by atoms with Gasteiger partial charge in [0.25, 0.3) is 0 Å². The van der Waals surface area contributed by atoms with E-state index >= 15 is 0 Å². The molecule has 16 heteroatoms. The zero-order valence-corrected chi connectivity index (χ0v) is 30.6. The monoisotopic (exact) mass is 759 g/mol. The number of carbonyl (C=O) groups excluding carboxylic acids is 1. The molecule has 1 aliphatic carbocycles. The molecule has 49 heavy (non-hydrogen) atoms. The van der Waals surface area contributed by atoms with Crippen molar-refractivity contribution in [2.24, 2.45) is 5.92 Å². The molecular weight excluding hydrogens is 721 g/mol. The Balaban J connectivity index is 0.00000541. The minimum atomic E-state index is -3.70. The van der Waals surface area contributed by atoms with Crippen LogP contribution in [0.1, 0.15) is 40.4 Å². The fraction of sp³-hybridized carbons (Fsp3) is 0.455. The molecular formula is C33H40Cl3N3O9S. The van der Waals surface area contributed by atoms with Gasteiger partial charge in [-0.05, 0) is 54.7 Å². The number of esters is 1. The molecule has 12 nitrogen and oxygen atoms in total. The lowest BCUT2D eigenvalue weighted by atomic mass is 10.0. The predicted octanol–water partition coefficient (Wildman–Crippen LogP) is 5.09. The third-order valence-electron chi connectivity index (χ3n) is 8.23. The SMILES string of the molecule is COc1ccc(C(Cc2c(Cl)c[n+]([O-])cc2Cl)OC(=O)c2ccc(N(CCN3CCOCC3)S(C)(=O)=O)c(OCC3CC3)c2)cc1OC.Cl. The van der Waals surface area contributed by atoms with Gasteiger partial charge in [0.2, 0.25) is 10.0 Å². The van der Waals surface area contributed by atoms with Crippen molar-refractivity contribution >= 4 is 57.3 Å². The molecule has 2 aliphatic rings. The zero-order valence-electron chi connectivity index (χ0n) is 27.4. The first kappa shape index (κ1) is 38.6. The van der Waals surface area contributed by atoms with E-state index in [0.29, 0.717) is 78.4 Å². The average Bonchev–Trinajstić information content (AvgIpc) is 3.89. The van der Waals surface area contributed by atoms with Crippen molar-refractivity contribution in [2.75, 3.05) is 70.8 Å². The number of sulfonamides is 1. The summed E-state index contributed by atoms with van der Waals surface area (Å²) in [5.74, 6) is 0.832. The van der Waals surface area contributed by atoms with E-state index in [0.717, 1.165) is 19.1 Å². The topological polar surface area (TPSA) is 131 Å². The zero-order chi connectivity index (χ0) is 34.4. The number of nitrogens with zero attached hydrogens (tertiary/aromatic N) is 3. The van der Waals surface area contributed by atoms with Gasteiger partial charge in [-0.2, -0.15) is 4.73 Å². The summed E-state index contributed by atoms with van der Waals surface area (Å²) in [6, 6.07) is 9.70. The second-order valence-corrected chi connectivity index (χ2v) is 14.5. The van der Waals surface area contributed by atoms with Crippen LogP contribution in [0.5, 0.6) is 17.2 Å². The third kappa shape index (κ3) is 10.2. The van der Waals surface area contributed by atoms with Gasteiger partial charge in [-0.15, -0.1) is 12.4 Å². The highest BCUT2D eigenvalue weighted by Crippen LogP contribution is 2.38. The first-order valence-corrected chi connectivity index (χ1v) is 18.1. The van der Waals surface area contributed by atoms with Crippen molar-refractivity contribution in [1.82, 2.24) is 4.90 Å². The summed E-state index contributed by atoms with van der Waals surface area (Å²) < 4.78 is 56.4. The maximum absolute atomic E-state index is 13.8. The van der Waals surface area contributed by atoms with Gasteiger partial charge in [-0.1, -0.05) is 29.3 Å². The Kier molecular flexibility index (Phi) is 13.5. The van der Waals surface area contributed by atoms with Crippen LogP contribution in [-0.4, -0.2) is 85.8 Å². The minimum Gasteiger partial charge on any atom is -0.619 e. The van der Waals surface area contributed by atoms with Gasteiger partial charge in [0.05, 0.1) is 51.5 Å². The van der Waals surface area contributed by atoms with Crippen LogP contribution in [0.2, 0.25) is 10.0 Å². The molecule has 2 fully saturated rings. The third-order valence-corrected chi connectivity index (χ3v) is 10.1. The number of carbonyl (C=O) groups is 1. The van der Waals surface area contributed by atoms with E-state index in [1.165, 1.54) is 43.1 Å². The van der Waals surface area contributed by atoms with Crippen molar-refractivity contribution in [2.45, 2.75) is 25.4 Å². The lowest BCUT2D eigenvalue weighted by molar-refractivity contribution is -0.605. The van der Waals surface area contributed by atoms with Crippen LogP contribution in [0, 0.1) is 11.1 Å². The van der Waals surface area contributed by atoms with E-state index < -0.39 is 22.1 Å². The van der Waals surface area contributed by atoms with Crippen molar-refractivity contribution in [1.29, 1.82) is 0 Å². The number of anilines is 1. The summed E-state index contributed by atoms with van der Waals surface area (Å²) in [7, 11) is -0.700. The van der Waals surface area contributed by atoms with E-state index in [2.05, 4.69) is 4.90 Å². The van der Waals surface area contributed by atoms with Crippen molar-refractivity contribution < 1.29 is 41.6 Å². The second kappa shape index (κ2) is 17.1. The standard InChI is InChI=1S/C33H39Cl2N3O9S.ClH/c1-43-29-9-7-23(16-32(29)44-2)30(18-25-26(34)19-37(40)20-27(25)35)47-33(39)24-6-8-28(31(17-24)46-21-22-4-5-22)38(48(3,41)42)11-10-36-12-14-45-15-13-36;/h6-9,16-17,19-20,22,30H,4-5,10-15,18,21H2,1-3H3;1H. The molecule has 1 aliphatic heterocycles. The molecule has 3 aromatic rings. The number of pyridine rings is 1. The molecule has 0 amide bonds. The normalized spacial score (nSPS) is 15.5. The first-order chi connectivity index (χ1) is 23.0. The number of hydrogen-bond donors (Lipinski definition) is 0. The Morgan fingerprint density at radius 1 is 1.04 bits per heavy atom. The molecule has 268 valence electrons. The second-order valence-electron chi connectivity index (χ2n) is 11.7. The number of methoxy groups -OCH3 is 2. The fourth-order valence-electron chi connectivity index (χ4n) is 5.37. The quantitative estimate of drug-likeness (QED) is 0.117. The van der Waals surface area contributed by atoms with Gasteiger partial charge in [-0.25, -0.2) is 13.2 Å². The number of halogens is 3. The van der Waals surface area contributed by atoms with Crippen LogP contribution >= 0.6 is 35.6 Å². The Labute approximate surface area is 302 Å². The van der Waals surface area contributed by atoms with Crippen LogP contribution in [0.3, 0.4) is 0 Å². The molecule has 2 heterocycles. The van der Waals surface area contributed by atoms with Gasteiger partial charge in [-0.3, -0.25) is 9.21 Å². The molecule has 1 atom stereocenters. The summed E-state index contributed by atoms with van der Waals surface area (Å²) in [5.41, 5.74) is 1.46. The molecule has 0 spiro atoms. The van der Waals surface area contributed by atoms with E-state index in [4.69, 9.17) is 46.9 Å². The molecule has 2 aromatic carbocycles. The first-order valence-electron chi connectivity index (χ1n) is 15.5. The molecule has 0 bridgehead atoms. The lowest BCUT2D eigenvalue weighted by Gasteiger charge is -2.30. The van der Waals surface area contributed by atoms with Crippen LogP contribution < -0.4 is 23.2 Å². The predicted molar refractivity (Wildman–Crippen MR) is 188 cm³/mol. The molecule has 1 saturated carbocycles. The van der Waals surface area contributed by atoms with Crippen molar-refractivity contribution in [3.63, 3.8) is 0 Å². The molecule has 0 N–H and O–H groups in total. The van der Waals surface area contributed by atoms with Gasteiger partial charge in [0.15, 0.2) is 23.9 Å². The molecule has 1 unspecified atom stereocenters. The Bertz CT molecular complexity index is 1700. The van der Waals surface area contributed by atoms with Crippen molar-refractivity contribution in [3.8, 4) is 17.2 Å². The molecule has 1 saturated heterocycles. The Morgan fingerprint density at radius 3 is 2.33 bits per heavy atom. The summed E-state index contributed by atoms with van der Waals surface area (Å²) in [4.78, 5) is 16.0. The number of benzene rings is 2. The summed E-state index contributed by atoms with van der Waals surface area (Å²) in [6.45, 7) is 3.72. The summed E-state index contributed by atoms with van der Waals surface area (Å²) in [5, 5.41) is 12.1. The minimum absolute atomic E-state index is 0. The number of morpholine rings is 1. The largest absolute Gasteiger partial charge is 0.619 e. The fourth-order valence-corrected chi connectivity index (χ4v) is 6.89. The average molecular weight is 761 g/mol. The van der Waals surface area contributed by atoms with Crippen LogP contribution in [0.25, 0.3) is 0 Å². The van der Waals surface area contributed by atoms with Crippen LogP contribution in [0.15, 0.2) is 48.8 Å².